The van der Waals surface area contributed by atoms with Gasteiger partial charge in [-0.3, -0.25) is 4.79 Å². The van der Waals surface area contributed by atoms with Crippen LogP contribution in [0.1, 0.15) is 26.9 Å². The predicted molar refractivity (Wildman–Crippen MR) is 92.2 cm³/mol. The summed E-state index contributed by atoms with van der Waals surface area (Å²) in [5.74, 6) is -0.0319. The zero-order chi connectivity index (χ0) is 17.2. The van der Waals surface area contributed by atoms with Crippen molar-refractivity contribution in [2.75, 3.05) is 26.0 Å². The van der Waals surface area contributed by atoms with E-state index in [0.29, 0.717) is 18.5 Å². The second-order valence-electron chi connectivity index (χ2n) is 5.51. The molecular formula is C16H18N2O4S2. The Morgan fingerprint density at radius 3 is 2.88 bits per heavy atom. The first-order chi connectivity index (χ1) is 11.5. The number of nitrogens with zero attached hydrogens (tertiary/aromatic N) is 2. The number of amides is 1. The molecule has 128 valence electrons. The van der Waals surface area contributed by atoms with Gasteiger partial charge < -0.3 is 9.64 Å². The Kier molecular flexibility index (Phi) is 4.86. The molecule has 1 aliphatic rings. The van der Waals surface area contributed by atoms with Crippen LogP contribution in [0.2, 0.25) is 0 Å². The van der Waals surface area contributed by atoms with Gasteiger partial charge in [0, 0.05) is 24.2 Å². The van der Waals surface area contributed by atoms with E-state index in [4.69, 9.17) is 4.74 Å². The fourth-order valence-corrected chi connectivity index (χ4v) is 5.83. The Morgan fingerprint density at radius 2 is 2.17 bits per heavy atom. The van der Waals surface area contributed by atoms with Crippen LogP contribution < -0.4 is 4.74 Å². The molecule has 6 nitrogen and oxygen atoms in total. The number of pyridine rings is 1. The molecule has 0 spiro atoms. The van der Waals surface area contributed by atoms with E-state index in [0.717, 1.165) is 4.88 Å². The molecule has 2 aromatic rings. The van der Waals surface area contributed by atoms with E-state index in [1.54, 1.807) is 23.2 Å². The van der Waals surface area contributed by atoms with E-state index in [-0.39, 0.29) is 24.1 Å². The van der Waals surface area contributed by atoms with Crippen molar-refractivity contribution >= 4 is 27.1 Å². The summed E-state index contributed by atoms with van der Waals surface area (Å²) in [6, 6.07) is 7.00. The number of ether oxygens (including phenoxy) is 1. The van der Waals surface area contributed by atoms with Crippen LogP contribution in [0.25, 0.3) is 0 Å². The molecule has 1 fully saturated rings. The molecule has 0 radical (unpaired) electrons. The summed E-state index contributed by atoms with van der Waals surface area (Å²) in [7, 11) is -1.82. The van der Waals surface area contributed by atoms with Crippen LogP contribution in [0.4, 0.5) is 0 Å². The van der Waals surface area contributed by atoms with Crippen molar-refractivity contribution in [1.29, 1.82) is 0 Å². The number of hydrogen-bond donors (Lipinski definition) is 0. The van der Waals surface area contributed by atoms with Gasteiger partial charge in [0.25, 0.3) is 5.91 Å². The summed E-state index contributed by atoms with van der Waals surface area (Å²) in [6.45, 7) is 0.569. The van der Waals surface area contributed by atoms with E-state index >= 15 is 0 Å². The van der Waals surface area contributed by atoms with Crippen molar-refractivity contribution in [3.63, 3.8) is 0 Å². The lowest BCUT2D eigenvalue weighted by atomic mass is 10.2. The Bertz CT molecular complexity index is 818. The molecule has 0 N–H and O–H groups in total. The minimum Gasteiger partial charge on any atom is -0.480 e. The Hall–Kier alpha value is -1.93. The smallest absolute Gasteiger partial charge is 0.259 e. The minimum absolute atomic E-state index is 0.0378. The number of carbonyl (C=O) groups is 1. The zero-order valence-corrected chi connectivity index (χ0v) is 14.8. The average Bonchev–Trinajstić information content (AvgIpc) is 3.05. The fraction of sp³-hybridized carbons (Fsp3) is 0.375. The molecule has 8 heteroatoms. The predicted octanol–water partition coefficient (Wildman–Crippen LogP) is 2.15. The van der Waals surface area contributed by atoms with Gasteiger partial charge in [0.1, 0.15) is 5.56 Å². The lowest BCUT2D eigenvalue weighted by Gasteiger charge is -2.20. The van der Waals surface area contributed by atoms with Gasteiger partial charge >= 0.3 is 0 Å². The Morgan fingerprint density at radius 1 is 1.33 bits per heavy atom. The quantitative estimate of drug-likeness (QED) is 0.832. The highest BCUT2D eigenvalue weighted by molar-refractivity contribution is 7.91. The highest BCUT2D eigenvalue weighted by Gasteiger charge is 2.34. The first-order valence-electron chi connectivity index (χ1n) is 7.56. The van der Waals surface area contributed by atoms with Crippen molar-refractivity contribution in [1.82, 2.24) is 9.88 Å². The third-order valence-corrected chi connectivity index (χ3v) is 7.33. The average molecular weight is 366 g/mol. The van der Waals surface area contributed by atoms with Gasteiger partial charge in [-0.25, -0.2) is 13.4 Å². The number of carbonyl (C=O) groups excluding carboxylic acids is 1. The van der Waals surface area contributed by atoms with Crippen molar-refractivity contribution in [3.8, 4) is 5.88 Å². The number of rotatable bonds is 3. The second kappa shape index (κ2) is 6.90. The topological polar surface area (TPSA) is 76.6 Å². The molecule has 0 aliphatic carbocycles. The molecule has 1 amide bonds. The van der Waals surface area contributed by atoms with Crippen molar-refractivity contribution in [2.45, 2.75) is 11.7 Å². The van der Waals surface area contributed by atoms with Crippen LogP contribution in [0.3, 0.4) is 0 Å². The standard InChI is InChI=1S/C16H18N2O4S2/c1-22-15-12(4-2-7-17-15)16(19)18-8-6-14(13-5-3-10-23-13)24(20,21)11-9-18/h2-5,7,10,14H,6,8-9,11H2,1H3. The van der Waals surface area contributed by atoms with Crippen LogP contribution in [0, 0.1) is 0 Å². The SMILES string of the molecule is COc1ncccc1C(=O)N1CCC(c2cccs2)S(=O)(=O)CC1. The lowest BCUT2D eigenvalue weighted by molar-refractivity contribution is 0.0762. The van der Waals surface area contributed by atoms with Crippen molar-refractivity contribution in [3.05, 3.63) is 46.3 Å². The third kappa shape index (κ3) is 3.29. The van der Waals surface area contributed by atoms with Gasteiger partial charge in [-0.05, 0) is 30.0 Å². The van der Waals surface area contributed by atoms with E-state index in [1.165, 1.54) is 18.4 Å². The summed E-state index contributed by atoms with van der Waals surface area (Å²) >= 11 is 1.44. The van der Waals surface area contributed by atoms with E-state index in [2.05, 4.69) is 4.98 Å². The summed E-state index contributed by atoms with van der Waals surface area (Å²) in [5.41, 5.74) is 0.354. The molecule has 1 atom stereocenters. The molecule has 3 rings (SSSR count). The highest BCUT2D eigenvalue weighted by Crippen LogP contribution is 2.32. The number of aromatic nitrogens is 1. The van der Waals surface area contributed by atoms with E-state index in [1.807, 2.05) is 17.5 Å². The number of thiophene rings is 1. The minimum atomic E-state index is -3.28. The summed E-state index contributed by atoms with van der Waals surface area (Å²) in [5, 5.41) is 1.34. The number of hydrogen-bond acceptors (Lipinski definition) is 6. The lowest BCUT2D eigenvalue weighted by Crippen LogP contribution is -2.33. The summed E-state index contributed by atoms with van der Waals surface area (Å²) in [4.78, 5) is 19.2. The van der Waals surface area contributed by atoms with Gasteiger partial charge in [0.05, 0.1) is 18.1 Å². The summed E-state index contributed by atoms with van der Waals surface area (Å²) in [6.07, 6.45) is 1.95. The molecule has 1 aliphatic heterocycles. The van der Waals surface area contributed by atoms with Crippen LogP contribution in [0.15, 0.2) is 35.8 Å². The van der Waals surface area contributed by atoms with Crippen LogP contribution in [-0.2, 0) is 9.84 Å². The highest BCUT2D eigenvalue weighted by atomic mass is 32.2. The Labute approximate surface area is 145 Å². The monoisotopic (exact) mass is 366 g/mol. The first-order valence-corrected chi connectivity index (χ1v) is 10.2. The maximum Gasteiger partial charge on any atom is 0.259 e. The van der Waals surface area contributed by atoms with E-state index in [9.17, 15) is 13.2 Å². The summed E-state index contributed by atoms with van der Waals surface area (Å²) < 4.78 is 30.3. The molecule has 0 bridgehead atoms. The van der Waals surface area contributed by atoms with Crippen LogP contribution in [-0.4, -0.2) is 50.2 Å². The van der Waals surface area contributed by atoms with Gasteiger partial charge in [-0.15, -0.1) is 11.3 Å². The Balaban J connectivity index is 1.83. The molecule has 1 unspecified atom stereocenters. The van der Waals surface area contributed by atoms with Crippen molar-refractivity contribution in [2.24, 2.45) is 0 Å². The molecule has 3 heterocycles. The number of sulfone groups is 1. The maximum absolute atomic E-state index is 12.8. The van der Waals surface area contributed by atoms with Gasteiger partial charge in [0.2, 0.25) is 5.88 Å². The third-order valence-electron chi connectivity index (χ3n) is 4.08. The van der Waals surface area contributed by atoms with Crippen LogP contribution in [0.5, 0.6) is 5.88 Å². The van der Waals surface area contributed by atoms with E-state index < -0.39 is 15.1 Å². The van der Waals surface area contributed by atoms with Gasteiger partial charge in [-0.2, -0.15) is 0 Å². The molecule has 24 heavy (non-hydrogen) atoms. The maximum atomic E-state index is 12.8. The molecule has 2 aromatic heterocycles. The zero-order valence-electron chi connectivity index (χ0n) is 13.2. The molecule has 1 saturated heterocycles. The number of methoxy groups -OCH3 is 1. The van der Waals surface area contributed by atoms with Gasteiger partial charge in [-0.1, -0.05) is 6.07 Å². The normalized spacial score (nSPS) is 20.4. The van der Waals surface area contributed by atoms with Crippen molar-refractivity contribution < 1.29 is 17.9 Å². The second-order valence-corrected chi connectivity index (χ2v) is 8.79. The largest absolute Gasteiger partial charge is 0.480 e. The molecule has 0 saturated carbocycles. The molecule has 0 aromatic carbocycles. The van der Waals surface area contributed by atoms with Crippen LogP contribution >= 0.6 is 11.3 Å². The molecular weight excluding hydrogens is 348 g/mol. The first kappa shape index (κ1) is 16.9. The van der Waals surface area contributed by atoms with Gasteiger partial charge in [0.15, 0.2) is 9.84 Å². The fourth-order valence-electron chi connectivity index (χ4n) is 2.83.